The van der Waals surface area contributed by atoms with E-state index in [4.69, 9.17) is 0 Å². The predicted octanol–water partition coefficient (Wildman–Crippen LogP) is 3.36. The first-order valence-corrected chi connectivity index (χ1v) is 8.50. The van der Waals surface area contributed by atoms with Gasteiger partial charge < -0.3 is 5.32 Å². The highest BCUT2D eigenvalue weighted by molar-refractivity contribution is 6.06. The Balaban J connectivity index is 1.67. The van der Waals surface area contributed by atoms with Gasteiger partial charge in [0, 0.05) is 31.3 Å². The number of carbonyl (C=O) groups is 1. The van der Waals surface area contributed by atoms with Gasteiger partial charge in [-0.15, -0.1) is 0 Å². The molecule has 0 radical (unpaired) electrons. The van der Waals surface area contributed by atoms with Crippen LogP contribution in [0.5, 0.6) is 0 Å². The van der Waals surface area contributed by atoms with Crippen molar-refractivity contribution in [2.24, 2.45) is 7.05 Å². The smallest absolute Gasteiger partial charge is 0.252 e. The maximum atomic E-state index is 13.3. The van der Waals surface area contributed by atoms with Crippen molar-refractivity contribution in [3.63, 3.8) is 0 Å². The lowest BCUT2D eigenvalue weighted by atomic mass is 10.1. The average Bonchev–Trinajstić information content (AvgIpc) is 3.38. The van der Waals surface area contributed by atoms with Gasteiger partial charge in [-0.25, -0.2) is 13.8 Å². The second-order valence-electron chi connectivity index (χ2n) is 6.74. The minimum atomic E-state index is -0.667. The number of aromatic nitrogens is 3. The predicted molar refractivity (Wildman–Crippen MR) is 92.7 cm³/mol. The second-order valence-corrected chi connectivity index (χ2v) is 6.74. The van der Waals surface area contributed by atoms with Crippen LogP contribution in [0.25, 0.3) is 11.0 Å². The quantitative estimate of drug-likeness (QED) is 0.780. The molecule has 0 bridgehead atoms. The molecule has 0 atom stereocenters. The summed E-state index contributed by atoms with van der Waals surface area (Å²) in [4.78, 5) is 17.5. The molecule has 3 aromatic rings. The molecule has 1 fully saturated rings. The van der Waals surface area contributed by atoms with Gasteiger partial charge in [-0.05, 0) is 43.5 Å². The van der Waals surface area contributed by atoms with Crippen molar-refractivity contribution in [1.82, 2.24) is 20.1 Å². The van der Waals surface area contributed by atoms with E-state index in [2.05, 4.69) is 15.4 Å². The molecule has 4 rings (SSSR count). The lowest BCUT2D eigenvalue weighted by Crippen LogP contribution is -2.23. The number of aryl methyl sites for hydroxylation is 2. The molecule has 1 aliphatic rings. The first-order valence-electron chi connectivity index (χ1n) is 8.50. The normalized spacial score (nSPS) is 14.0. The average molecular weight is 356 g/mol. The summed E-state index contributed by atoms with van der Waals surface area (Å²) < 4.78 is 28.3. The topological polar surface area (TPSA) is 59.8 Å². The molecule has 2 aromatic heterocycles. The Hall–Kier alpha value is -2.83. The molecule has 0 saturated heterocycles. The van der Waals surface area contributed by atoms with E-state index >= 15 is 0 Å². The van der Waals surface area contributed by atoms with Crippen LogP contribution >= 0.6 is 0 Å². The van der Waals surface area contributed by atoms with Crippen LogP contribution in [0.4, 0.5) is 8.78 Å². The van der Waals surface area contributed by atoms with Gasteiger partial charge >= 0.3 is 0 Å². The van der Waals surface area contributed by atoms with Crippen molar-refractivity contribution < 1.29 is 13.6 Å². The largest absolute Gasteiger partial charge is 0.348 e. The molecule has 5 nitrogen and oxygen atoms in total. The number of fused-ring (bicyclic) bond motifs is 1. The highest BCUT2D eigenvalue weighted by Gasteiger charge is 2.28. The van der Waals surface area contributed by atoms with Gasteiger partial charge in [-0.1, -0.05) is 0 Å². The van der Waals surface area contributed by atoms with Crippen LogP contribution < -0.4 is 5.32 Å². The van der Waals surface area contributed by atoms with E-state index in [9.17, 15) is 13.6 Å². The van der Waals surface area contributed by atoms with Gasteiger partial charge in [-0.3, -0.25) is 9.48 Å². The van der Waals surface area contributed by atoms with Crippen LogP contribution in [0, 0.1) is 18.6 Å². The third kappa shape index (κ3) is 3.05. The minimum absolute atomic E-state index is 0.0371. The van der Waals surface area contributed by atoms with Crippen LogP contribution in [0.3, 0.4) is 0 Å². The zero-order valence-electron chi connectivity index (χ0n) is 14.5. The van der Waals surface area contributed by atoms with Crippen LogP contribution in [0.15, 0.2) is 24.3 Å². The van der Waals surface area contributed by atoms with Crippen LogP contribution in [0.1, 0.15) is 46.1 Å². The molecule has 0 aliphatic heterocycles. The fourth-order valence-corrected chi connectivity index (χ4v) is 3.22. The molecule has 26 heavy (non-hydrogen) atoms. The van der Waals surface area contributed by atoms with E-state index in [1.807, 2.05) is 13.0 Å². The monoisotopic (exact) mass is 356 g/mol. The fraction of sp³-hybridized carbons (Fsp3) is 0.316. The van der Waals surface area contributed by atoms with Gasteiger partial charge in [0.05, 0.1) is 16.6 Å². The molecule has 0 unspecified atom stereocenters. The Morgan fingerprint density at radius 2 is 1.92 bits per heavy atom. The van der Waals surface area contributed by atoms with Crippen molar-refractivity contribution in [1.29, 1.82) is 0 Å². The Morgan fingerprint density at radius 1 is 1.23 bits per heavy atom. The van der Waals surface area contributed by atoms with Crippen molar-refractivity contribution in [2.45, 2.75) is 32.2 Å². The number of pyridine rings is 1. The van der Waals surface area contributed by atoms with Gasteiger partial charge in [-0.2, -0.15) is 5.10 Å². The lowest BCUT2D eigenvalue weighted by molar-refractivity contribution is 0.0952. The molecule has 1 aromatic carbocycles. The first kappa shape index (κ1) is 16.6. The molecule has 1 saturated carbocycles. The summed E-state index contributed by atoms with van der Waals surface area (Å²) in [6.45, 7) is 1.87. The first-order chi connectivity index (χ1) is 12.4. The van der Waals surface area contributed by atoms with Crippen molar-refractivity contribution >= 4 is 16.9 Å². The Morgan fingerprint density at radius 3 is 2.58 bits per heavy atom. The third-order valence-electron chi connectivity index (χ3n) is 4.60. The summed E-state index contributed by atoms with van der Waals surface area (Å²) in [5, 5.41) is 7.83. The molecule has 0 spiro atoms. The Kier molecular flexibility index (Phi) is 3.94. The van der Waals surface area contributed by atoms with Crippen molar-refractivity contribution in [3.05, 3.63) is 58.4 Å². The molecule has 1 aliphatic carbocycles. The van der Waals surface area contributed by atoms with Crippen molar-refractivity contribution in [2.75, 3.05) is 0 Å². The Labute approximate surface area is 149 Å². The summed E-state index contributed by atoms with van der Waals surface area (Å²) in [6, 6.07) is 5.03. The second kappa shape index (κ2) is 6.16. The van der Waals surface area contributed by atoms with Gasteiger partial charge in [0.25, 0.3) is 5.91 Å². The summed E-state index contributed by atoms with van der Waals surface area (Å²) >= 11 is 0. The number of benzene rings is 1. The molecule has 1 amide bonds. The number of rotatable bonds is 4. The number of amides is 1. The summed E-state index contributed by atoms with van der Waals surface area (Å²) in [6.07, 6.45) is 2.14. The number of nitrogens with zero attached hydrogens (tertiary/aromatic N) is 3. The number of halogens is 2. The molecule has 134 valence electrons. The van der Waals surface area contributed by atoms with Crippen LogP contribution in [-0.4, -0.2) is 20.7 Å². The molecule has 7 heteroatoms. The molecule has 1 N–H and O–H groups in total. The van der Waals surface area contributed by atoms with E-state index in [0.29, 0.717) is 28.1 Å². The molecule has 2 heterocycles. The van der Waals surface area contributed by atoms with Gasteiger partial charge in [0.1, 0.15) is 11.6 Å². The van der Waals surface area contributed by atoms with E-state index < -0.39 is 11.6 Å². The summed E-state index contributed by atoms with van der Waals surface area (Å²) in [5.41, 5.74) is 3.15. The van der Waals surface area contributed by atoms with E-state index in [1.165, 1.54) is 12.1 Å². The van der Waals surface area contributed by atoms with E-state index in [0.717, 1.165) is 30.3 Å². The highest BCUT2D eigenvalue weighted by atomic mass is 19.1. The van der Waals surface area contributed by atoms with Gasteiger partial charge in [0.15, 0.2) is 5.65 Å². The maximum absolute atomic E-state index is 13.3. The molecular formula is C19H18F2N4O. The number of nitrogens with one attached hydrogen (secondary N) is 1. The Bertz CT molecular complexity index is 1000. The SMILES string of the molecule is Cc1nn(C)c2nc(C3CC3)cc(C(=O)NCc3cc(F)cc(F)c3)c12. The molecular weight excluding hydrogens is 338 g/mol. The third-order valence-corrected chi connectivity index (χ3v) is 4.60. The van der Waals surface area contributed by atoms with Gasteiger partial charge in [0.2, 0.25) is 0 Å². The maximum Gasteiger partial charge on any atom is 0.252 e. The minimum Gasteiger partial charge on any atom is -0.348 e. The van der Waals surface area contributed by atoms with Crippen molar-refractivity contribution in [3.8, 4) is 0 Å². The highest BCUT2D eigenvalue weighted by Crippen LogP contribution is 2.40. The number of hydrogen-bond acceptors (Lipinski definition) is 3. The van der Waals surface area contributed by atoms with E-state index in [1.54, 1.807) is 11.7 Å². The zero-order valence-corrected chi connectivity index (χ0v) is 14.5. The fourth-order valence-electron chi connectivity index (χ4n) is 3.22. The number of carbonyl (C=O) groups excluding carboxylic acids is 1. The standard InChI is InChI=1S/C19H18F2N4O/c1-10-17-15(8-16(12-3-4-12)23-18(17)25(2)24-10)19(26)22-9-11-5-13(20)7-14(21)6-11/h5-8,12H,3-4,9H2,1-2H3,(H,22,26). The van der Waals surface area contributed by atoms with E-state index in [-0.39, 0.29) is 12.5 Å². The summed E-state index contributed by atoms with van der Waals surface area (Å²) in [5.74, 6) is -1.25. The zero-order chi connectivity index (χ0) is 18.4. The lowest BCUT2D eigenvalue weighted by Gasteiger charge is -2.09. The number of hydrogen-bond donors (Lipinski definition) is 1. The van der Waals surface area contributed by atoms with Crippen LogP contribution in [0.2, 0.25) is 0 Å². The van der Waals surface area contributed by atoms with Crippen LogP contribution in [-0.2, 0) is 13.6 Å². The summed E-state index contributed by atoms with van der Waals surface area (Å²) in [7, 11) is 1.80.